The van der Waals surface area contributed by atoms with E-state index in [0.717, 1.165) is 12.0 Å². The first-order valence-corrected chi connectivity index (χ1v) is 8.29. The van der Waals surface area contributed by atoms with Gasteiger partial charge < -0.3 is 24.8 Å². The van der Waals surface area contributed by atoms with Crippen molar-refractivity contribution in [2.75, 3.05) is 27.9 Å². The molecule has 0 saturated heterocycles. The predicted octanol–water partition coefficient (Wildman–Crippen LogP) is 2.13. The minimum Gasteiger partial charge on any atom is -0.493 e. The topological polar surface area (TPSA) is 85.9 Å². The highest BCUT2D eigenvalue weighted by atomic mass is 16.5. The van der Waals surface area contributed by atoms with Gasteiger partial charge in [0, 0.05) is 6.54 Å². The van der Waals surface area contributed by atoms with Crippen LogP contribution in [0.2, 0.25) is 0 Å². The van der Waals surface area contributed by atoms with E-state index in [4.69, 9.17) is 14.2 Å². The van der Waals surface area contributed by atoms with Crippen LogP contribution in [-0.2, 0) is 16.0 Å². The summed E-state index contributed by atoms with van der Waals surface area (Å²) in [5, 5.41) is 5.43. The van der Waals surface area contributed by atoms with Gasteiger partial charge in [0.15, 0.2) is 11.5 Å². The fourth-order valence-corrected chi connectivity index (χ4v) is 2.34. The van der Waals surface area contributed by atoms with Crippen molar-refractivity contribution in [2.45, 2.75) is 32.7 Å². The van der Waals surface area contributed by atoms with Crippen LogP contribution in [0.1, 0.15) is 25.8 Å². The maximum Gasteiger partial charge on any atom is 0.328 e. The number of carbonyl (C=O) groups excluding carboxylic acids is 2. The molecular weight excluding hydrogens is 324 g/mol. The second-order valence-electron chi connectivity index (χ2n) is 5.73. The first-order valence-electron chi connectivity index (χ1n) is 8.29. The number of hydrogen-bond donors (Lipinski definition) is 2. The molecule has 0 bridgehead atoms. The van der Waals surface area contributed by atoms with Crippen LogP contribution < -0.4 is 20.1 Å². The predicted molar refractivity (Wildman–Crippen MR) is 95.0 cm³/mol. The zero-order chi connectivity index (χ0) is 18.8. The van der Waals surface area contributed by atoms with Crippen LogP contribution in [0.4, 0.5) is 4.79 Å². The van der Waals surface area contributed by atoms with Crippen LogP contribution in [0.15, 0.2) is 18.2 Å². The van der Waals surface area contributed by atoms with E-state index in [1.807, 2.05) is 32.0 Å². The minimum atomic E-state index is -0.656. The summed E-state index contributed by atoms with van der Waals surface area (Å²) in [7, 11) is 4.47. The smallest absolute Gasteiger partial charge is 0.328 e. The molecule has 140 valence electrons. The van der Waals surface area contributed by atoms with Crippen LogP contribution in [0, 0.1) is 5.92 Å². The molecule has 1 rings (SSSR count). The van der Waals surface area contributed by atoms with Crippen molar-refractivity contribution >= 4 is 12.0 Å². The summed E-state index contributed by atoms with van der Waals surface area (Å²) in [6.07, 6.45) is 1.38. The molecule has 0 spiro atoms. The molecule has 0 aliphatic carbocycles. The fourth-order valence-electron chi connectivity index (χ4n) is 2.34. The second kappa shape index (κ2) is 10.4. The molecule has 1 aromatic carbocycles. The van der Waals surface area contributed by atoms with Gasteiger partial charge in [-0.05, 0) is 30.0 Å². The molecule has 7 nitrogen and oxygen atoms in total. The zero-order valence-electron chi connectivity index (χ0n) is 15.5. The van der Waals surface area contributed by atoms with E-state index < -0.39 is 18.0 Å². The first kappa shape index (κ1) is 20.6. The van der Waals surface area contributed by atoms with E-state index in [1.165, 1.54) is 7.11 Å². The van der Waals surface area contributed by atoms with Crippen molar-refractivity contribution in [2.24, 2.45) is 5.92 Å². The van der Waals surface area contributed by atoms with Gasteiger partial charge in [-0.2, -0.15) is 0 Å². The Balaban J connectivity index is 2.54. The number of benzene rings is 1. The Morgan fingerprint density at radius 2 is 1.80 bits per heavy atom. The molecule has 0 aromatic heterocycles. The molecule has 2 atom stereocenters. The third kappa shape index (κ3) is 6.17. The molecule has 1 unspecified atom stereocenters. The summed E-state index contributed by atoms with van der Waals surface area (Å²) in [6.45, 7) is 4.28. The number of urea groups is 1. The van der Waals surface area contributed by atoms with Crippen LogP contribution in [0.5, 0.6) is 11.5 Å². The van der Waals surface area contributed by atoms with E-state index in [0.29, 0.717) is 24.5 Å². The van der Waals surface area contributed by atoms with Crippen molar-refractivity contribution in [1.82, 2.24) is 10.6 Å². The maximum absolute atomic E-state index is 12.0. The molecule has 25 heavy (non-hydrogen) atoms. The Morgan fingerprint density at radius 1 is 1.12 bits per heavy atom. The Hall–Kier alpha value is -2.44. The molecule has 0 aliphatic heterocycles. The normalized spacial score (nSPS) is 12.7. The van der Waals surface area contributed by atoms with Gasteiger partial charge in [0.2, 0.25) is 0 Å². The lowest BCUT2D eigenvalue weighted by Crippen LogP contribution is -2.49. The summed E-state index contributed by atoms with van der Waals surface area (Å²) in [6, 6.07) is 4.56. The molecular formula is C18H28N2O5. The van der Waals surface area contributed by atoms with Gasteiger partial charge in [-0.3, -0.25) is 0 Å². The third-order valence-electron chi connectivity index (χ3n) is 4.10. The molecule has 0 fully saturated rings. The van der Waals surface area contributed by atoms with E-state index >= 15 is 0 Å². The summed E-state index contributed by atoms with van der Waals surface area (Å²) >= 11 is 0. The van der Waals surface area contributed by atoms with Crippen LogP contribution in [-0.4, -0.2) is 45.9 Å². The van der Waals surface area contributed by atoms with Gasteiger partial charge in [-0.25, -0.2) is 9.59 Å². The maximum atomic E-state index is 12.0. The fraction of sp³-hybridized carbons (Fsp3) is 0.556. The van der Waals surface area contributed by atoms with Gasteiger partial charge in [-0.1, -0.05) is 26.3 Å². The van der Waals surface area contributed by atoms with E-state index in [9.17, 15) is 9.59 Å². The molecule has 0 heterocycles. The summed E-state index contributed by atoms with van der Waals surface area (Å²) in [5.74, 6) is 0.854. The lowest BCUT2D eigenvalue weighted by atomic mass is 9.99. The molecule has 7 heteroatoms. The van der Waals surface area contributed by atoms with E-state index in [1.54, 1.807) is 14.2 Å². The number of amides is 2. The lowest BCUT2D eigenvalue weighted by molar-refractivity contribution is -0.144. The van der Waals surface area contributed by atoms with E-state index in [2.05, 4.69) is 10.6 Å². The van der Waals surface area contributed by atoms with Gasteiger partial charge >= 0.3 is 12.0 Å². The number of carbonyl (C=O) groups is 2. The average Bonchev–Trinajstić information content (AvgIpc) is 2.64. The highest BCUT2D eigenvalue weighted by Gasteiger charge is 2.26. The van der Waals surface area contributed by atoms with Crippen LogP contribution in [0.25, 0.3) is 0 Å². The number of hydrogen-bond acceptors (Lipinski definition) is 5. The van der Waals surface area contributed by atoms with Gasteiger partial charge in [0.25, 0.3) is 0 Å². The first-order chi connectivity index (χ1) is 12.0. The standard InChI is InChI=1S/C18H28N2O5/c1-6-12(2)16(17(21)25-5)20-18(22)19-10-9-13-7-8-14(23-3)15(11-13)24-4/h7-8,11-12,16H,6,9-10H2,1-5H3,(H2,19,20,22)/t12?,16-/m0/s1. The van der Waals surface area contributed by atoms with Crippen molar-refractivity contribution in [1.29, 1.82) is 0 Å². The number of ether oxygens (including phenoxy) is 3. The average molecular weight is 352 g/mol. The second-order valence-corrected chi connectivity index (χ2v) is 5.73. The third-order valence-corrected chi connectivity index (χ3v) is 4.10. The molecule has 1 aromatic rings. The molecule has 2 amide bonds. The monoisotopic (exact) mass is 352 g/mol. The van der Waals surface area contributed by atoms with Gasteiger partial charge in [-0.15, -0.1) is 0 Å². The quantitative estimate of drug-likeness (QED) is 0.665. The highest BCUT2D eigenvalue weighted by molar-refractivity contribution is 5.83. The Morgan fingerprint density at radius 3 is 2.36 bits per heavy atom. The van der Waals surface area contributed by atoms with Gasteiger partial charge in [0.1, 0.15) is 6.04 Å². The number of rotatable bonds is 9. The largest absolute Gasteiger partial charge is 0.493 e. The Kier molecular flexibility index (Phi) is 8.60. The molecule has 0 radical (unpaired) electrons. The van der Waals surface area contributed by atoms with Crippen molar-refractivity contribution in [3.05, 3.63) is 23.8 Å². The SMILES string of the molecule is CCC(C)[C@H](NC(=O)NCCc1ccc(OC)c(OC)c1)C(=O)OC. The van der Waals surface area contributed by atoms with Crippen LogP contribution >= 0.6 is 0 Å². The molecule has 0 aliphatic rings. The Bertz CT molecular complexity index is 577. The van der Waals surface area contributed by atoms with Crippen molar-refractivity contribution < 1.29 is 23.8 Å². The summed E-state index contributed by atoms with van der Waals surface area (Å²) in [4.78, 5) is 23.8. The zero-order valence-corrected chi connectivity index (χ0v) is 15.5. The lowest BCUT2D eigenvalue weighted by Gasteiger charge is -2.22. The van der Waals surface area contributed by atoms with Gasteiger partial charge in [0.05, 0.1) is 21.3 Å². The number of nitrogens with one attached hydrogen (secondary N) is 2. The van der Waals surface area contributed by atoms with E-state index in [-0.39, 0.29) is 5.92 Å². The number of esters is 1. The minimum absolute atomic E-state index is 0.0101. The van der Waals surface area contributed by atoms with Crippen molar-refractivity contribution in [3.8, 4) is 11.5 Å². The molecule has 2 N–H and O–H groups in total. The van der Waals surface area contributed by atoms with Crippen LogP contribution in [0.3, 0.4) is 0 Å². The summed E-state index contributed by atoms with van der Waals surface area (Å²) in [5.41, 5.74) is 1.00. The Labute approximate surface area is 149 Å². The van der Waals surface area contributed by atoms with Crippen molar-refractivity contribution in [3.63, 3.8) is 0 Å². The summed E-state index contributed by atoms with van der Waals surface area (Å²) < 4.78 is 15.2. The molecule has 0 saturated carbocycles. The highest BCUT2D eigenvalue weighted by Crippen LogP contribution is 2.27. The number of methoxy groups -OCH3 is 3.